The van der Waals surface area contributed by atoms with E-state index in [9.17, 15) is 14.9 Å². The summed E-state index contributed by atoms with van der Waals surface area (Å²) in [5.41, 5.74) is 6.63. The first-order valence-corrected chi connectivity index (χ1v) is 8.27. The Morgan fingerprint density at radius 1 is 1.33 bits per heavy atom. The molecule has 1 aromatic carbocycles. The number of nitrogens with zero attached hydrogens (tertiary/aromatic N) is 2. The van der Waals surface area contributed by atoms with Gasteiger partial charge in [0.15, 0.2) is 5.16 Å². The average Bonchev–Trinajstić information content (AvgIpc) is 2.51. The molecule has 1 heterocycles. The van der Waals surface area contributed by atoms with Crippen LogP contribution < -0.4 is 11.3 Å². The Morgan fingerprint density at radius 2 is 1.96 bits per heavy atom. The van der Waals surface area contributed by atoms with Crippen molar-refractivity contribution in [3.8, 4) is 17.3 Å². The molecule has 0 saturated heterocycles. The zero-order valence-electron chi connectivity index (χ0n) is 13.7. The van der Waals surface area contributed by atoms with Crippen LogP contribution in [0.25, 0.3) is 11.3 Å². The molecule has 0 unspecified atom stereocenters. The number of thioether (sulfide) groups is 1. The van der Waals surface area contributed by atoms with Gasteiger partial charge in [0, 0.05) is 5.56 Å². The summed E-state index contributed by atoms with van der Waals surface area (Å²) in [6.45, 7) is 6.31. The van der Waals surface area contributed by atoms with Crippen LogP contribution in [-0.2, 0) is 10.2 Å². The molecule has 0 bridgehead atoms. The Bertz CT molecular complexity index is 858. The van der Waals surface area contributed by atoms with Gasteiger partial charge in [-0.3, -0.25) is 9.59 Å². The predicted molar refractivity (Wildman–Crippen MR) is 93.6 cm³/mol. The summed E-state index contributed by atoms with van der Waals surface area (Å²) >= 11 is 1.03. The van der Waals surface area contributed by atoms with Gasteiger partial charge in [-0.1, -0.05) is 56.8 Å². The van der Waals surface area contributed by atoms with Crippen LogP contribution in [0.1, 0.15) is 31.9 Å². The minimum Gasteiger partial charge on any atom is -0.369 e. The molecule has 0 aliphatic heterocycles. The lowest BCUT2D eigenvalue weighted by molar-refractivity contribution is -0.115. The lowest BCUT2D eigenvalue weighted by Gasteiger charge is -2.19. The smallest absolute Gasteiger partial charge is 0.270 e. The number of primary amides is 1. The maximum atomic E-state index is 12.1. The molecule has 0 atom stereocenters. The van der Waals surface area contributed by atoms with E-state index in [2.05, 4.69) is 30.7 Å². The van der Waals surface area contributed by atoms with E-state index in [-0.39, 0.29) is 21.9 Å². The summed E-state index contributed by atoms with van der Waals surface area (Å²) in [6.07, 6.45) is 0. The van der Waals surface area contributed by atoms with E-state index in [1.165, 1.54) is 0 Å². The second-order valence-corrected chi connectivity index (χ2v) is 7.25. The summed E-state index contributed by atoms with van der Waals surface area (Å²) in [5, 5.41) is 9.52. The largest absolute Gasteiger partial charge is 0.369 e. The third kappa shape index (κ3) is 4.03. The highest BCUT2D eigenvalue weighted by Gasteiger charge is 2.16. The fraction of sp³-hybridized carbons (Fsp3) is 0.294. The molecule has 0 aliphatic carbocycles. The van der Waals surface area contributed by atoms with Gasteiger partial charge in [-0.25, -0.2) is 4.98 Å². The third-order valence-electron chi connectivity index (χ3n) is 3.38. The molecule has 0 fully saturated rings. The molecule has 2 aromatic rings. The fourth-order valence-electron chi connectivity index (χ4n) is 2.10. The summed E-state index contributed by atoms with van der Waals surface area (Å²) < 4.78 is 0. The van der Waals surface area contributed by atoms with Crippen LogP contribution in [0.4, 0.5) is 0 Å². The second kappa shape index (κ2) is 6.89. The molecule has 24 heavy (non-hydrogen) atoms. The van der Waals surface area contributed by atoms with Crippen molar-refractivity contribution in [1.29, 1.82) is 5.26 Å². The Kier molecular flexibility index (Phi) is 5.10. The van der Waals surface area contributed by atoms with Crippen LogP contribution in [0.2, 0.25) is 0 Å². The molecule has 0 radical (unpaired) electrons. The lowest BCUT2D eigenvalue weighted by Crippen LogP contribution is -2.17. The van der Waals surface area contributed by atoms with Crippen LogP contribution >= 0.6 is 11.8 Å². The number of carbonyl (C=O) groups is 1. The number of rotatable bonds is 4. The summed E-state index contributed by atoms with van der Waals surface area (Å²) in [4.78, 5) is 29.8. The van der Waals surface area contributed by atoms with Crippen LogP contribution in [0.5, 0.6) is 0 Å². The van der Waals surface area contributed by atoms with Gasteiger partial charge in [-0.05, 0) is 11.0 Å². The molecule has 1 amide bonds. The van der Waals surface area contributed by atoms with Crippen molar-refractivity contribution in [2.75, 3.05) is 5.75 Å². The number of benzene rings is 1. The lowest BCUT2D eigenvalue weighted by atomic mass is 9.86. The maximum absolute atomic E-state index is 12.1. The zero-order valence-corrected chi connectivity index (χ0v) is 14.5. The first-order valence-electron chi connectivity index (χ1n) is 7.29. The van der Waals surface area contributed by atoms with Crippen molar-refractivity contribution in [2.24, 2.45) is 5.73 Å². The molecule has 0 aliphatic rings. The number of hydrogen-bond donors (Lipinski definition) is 2. The number of nitrogens with two attached hydrogens (primary N) is 1. The second-order valence-electron chi connectivity index (χ2n) is 6.29. The van der Waals surface area contributed by atoms with Crippen molar-refractivity contribution in [3.05, 3.63) is 45.7 Å². The van der Waals surface area contributed by atoms with E-state index in [1.807, 2.05) is 30.3 Å². The normalized spacial score (nSPS) is 11.1. The maximum Gasteiger partial charge on any atom is 0.270 e. The van der Waals surface area contributed by atoms with Crippen molar-refractivity contribution >= 4 is 17.7 Å². The van der Waals surface area contributed by atoms with E-state index < -0.39 is 11.5 Å². The number of nitrogens with one attached hydrogen (secondary N) is 1. The molecular weight excluding hydrogens is 324 g/mol. The number of nitriles is 1. The summed E-state index contributed by atoms with van der Waals surface area (Å²) in [5.74, 6) is -0.514. The highest BCUT2D eigenvalue weighted by molar-refractivity contribution is 7.99. The monoisotopic (exact) mass is 342 g/mol. The van der Waals surface area contributed by atoms with E-state index in [0.717, 1.165) is 17.3 Å². The Balaban J connectivity index is 2.50. The number of aromatic nitrogens is 2. The molecule has 7 heteroatoms. The number of H-pyrrole nitrogens is 1. The van der Waals surface area contributed by atoms with Gasteiger partial charge in [-0.15, -0.1) is 0 Å². The van der Waals surface area contributed by atoms with Crippen molar-refractivity contribution in [2.45, 2.75) is 31.3 Å². The minimum atomic E-state index is -0.533. The number of hydrogen-bond acceptors (Lipinski definition) is 5. The SMILES string of the molecule is CC(C)(C)c1ccc(-c2nc(SCC(N)=O)[nH]c(=O)c2C#N)cc1. The topological polar surface area (TPSA) is 113 Å². The minimum absolute atomic E-state index is 0.000671. The summed E-state index contributed by atoms with van der Waals surface area (Å²) in [6, 6.07) is 9.48. The highest BCUT2D eigenvalue weighted by Crippen LogP contribution is 2.27. The van der Waals surface area contributed by atoms with E-state index in [4.69, 9.17) is 5.73 Å². The number of amides is 1. The van der Waals surface area contributed by atoms with Crippen LogP contribution in [-0.4, -0.2) is 21.6 Å². The Morgan fingerprint density at radius 3 is 2.46 bits per heavy atom. The van der Waals surface area contributed by atoms with Crippen LogP contribution in [0.3, 0.4) is 0 Å². The quantitative estimate of drug-likeness (QED) is 0.653. The van der Waals surface area contributed by atoms with Crippen molar-refractivity contribution in [3.63, 3.8) is 0 Å². The standard InChI is InChI=1S/C17H18N4O2S/c1-17(2,3)11-6-4-10(5-7-11)14-12(8-18)15(23)21-16(20-14)24-9-13(19)22/h4-7H,9H2,1-3H3,(H2,19,22)(H,20,21,23). The van der Waals surface area contributed by atoms with Crippen molar-refractivity contribution < 1.29 is 4.79 Å². The molecule has 124 valence electrons. The first kappa shape index (κ1) is 17.8. The zero-order chi connectivity index (χ0) is 17.9. The van der Waals surface area contributed by atoms with Gasteiger partial charge in [0.1, 0.15) is 11.6 Å². The number of aromatic amines is 1. The van der Waals surface area contributed by atoms with Gasteiger partial charge in [0.25, 0.3) is 5.56 Å². The van der Waals surface area contributed by atoms with E-state index in [0.29, 0.717) is 11.3 Å². The molecule has 6 nitrogen and oxygen atoms in total. The van der Waals surface area contributed by atoms with Crippen LogP contribution in [0, 0.1) is 11.3 Å². The Labute approximate surface area is 144 Å². The van der Waals surface area contributed by atoms with Crippen LogP contribution in [0.15, 0.2) is 34.2 Å². The van der Waals surface area contributed by atoms with Gasteiger partial charge in [0.2, 0.25) is 5.91 Å². The van der Waals surface area contributed by atoms with Gasteiger partial charge in [0.05, 0.1) is 11.4 Å². The summed E-state index contributed by atoms with van der Waals surface area (Å²) in [7, 11) is 0. The van der Waals surface area contributed by atoms with Gasteiger partial charge in [-0.2, -0.15) is 5.26 Å². The molecule has 0 spiro atoms. The average molecular weight is 342 g/mol. The van der Waals surface area contributed by atoms with E-state index in [1.54, 1.807) is 0 Å². The fourth-order valence-corrected chi connectivity index (χ4v) is 2.70. The van der Waals surface area contributed by atoms with Gasteiger partial charge >= 0.3 is 0 Å². The van der Waals surface area contributed by atoms with Crippen molar-refractivity contribution in [1.82, 2.24) is 9.97 Å². The van der Waals surface area contributed by atoms with Gasteiger partial charge < -0.3 is 10.7 Å². The van der Waals surface area contributed by atoms with E-state index >= 15 is 0 Å². The molecule has 2 rings (SSSR count). The molecular formula is C17H18N4O2S. The first-order chi connectivity index (χ1) is 11.2. The predicted octanol–water partition coefficient (Wildman–Crippen LogP) is 2.18. The third-order valence-corrected chi connectivity index (χ3v) is 4.28. The molecule has 3 N–H and O–H groups in total. The number of carbonyl (C=O) groups excluding carboxylic acids is 1. The highest BCUT2D eigenvalue weighted by atomic mass is 32.2. The molecule has 0 saturated carbocycles. The Hall–Kier alpha value is -2.59. The molecule has 1 aromatic heterocycles.